The van der Waals surface area contributed by atoms with Gasteiger partial charge in [0.2, 0.25) is 0 Å². The lowest BCUT2D eigenvalue weighted by molar-refractivity contribution is -0.0381. The molecular weight excluding hydrogens is 242 g/mol. The van der Waals surface area contributed by atoms with Gasteiger partial charge in [-0.2, -0.15) is 0 Å². The molecule has 0 aromatic carbocycles. The van der Waals surface area contributed by atoms with Crippen LogP contribution >= 0.6 is 22.9 Å². The van der Waals surface area contributed by atoms with Crippen molar-refractivity contribution in [3.05, 3.63) is 21.3 Å². The molecule has 0 amide bonds. The highest BCUT2D eigenvalue weighted by Crippen LogP contribution is 2.42. The molecule has 2 aliphatic rings. The van der Waals surface area contributed by atoms with Gasteiger partial charge in [0.15, 0.2) is 0 Å². The second-order valence-corrected chi connectivity index (χ2v) is 6.64. The minimum absolute atomic E-state index is 0.583. The highest BCUT2D eigenvalue weighted by atomic mass is 35.5. The summed E-state index contributed by atoms with van der Waals surface area (Å²) in [6, 6.07) is 4.46. The predicted molar refractivity (Wildman–Crippen MR) is 67.1 cm³/mol. The Morgan fingerprint density at radius 2 is 2.31 bits per heavy atom. The van der Waals surface area contributed by atoms with E-state index in [0.717, 1.165) is 28.6 Å². The summed E-state index contributed by atoms with van der Waals surface area (Å²) in [5.41, 5.74) is -0.622. The summed E-state index contributed by atoms with van der Waals surface area (Å²) in [6.07, 6.45) is 4.25. The van der Waals surface area contributed by atoms with Gasteiger partial charge in [-0.15, -0.1) is 11.3 Å². The summed E-state index contributed by atoms with van der Waals surface area (Å²) in [4.78, 5) is 3.56. The maximum absolute atomic E-state index is 10.7. The molecule has 1 N–H and O–H groups in total. The van der Waals surface area contributed by atoms with E-state index in [1.54, 1.807) is 0 Å². The Labute approximate surface area is 105 Å². The van der Waals surface area contributed by atoms with E-state index in [4.69, 9.17) is 11.6 Å². The summed E-state index contributed by atoms with van der Waals surface area (Å²) < 4.78 is 0.775. The third kappa shape index (κ3) is 1.80. The Morgan fingerprint density at radius 1 is 1.44 bits per heavy atom. The molecule has 1 aromatic rings. The van der Waals surface area contributed by atoms with Crippen LogP contribution in [-0.4, -0.2) is 29.1 Å². The van der Waals surface area contributed by atoms with Crippen LogP contribution in [0.15, 0.2) is 12.1 Å². The first kappa shape index (κ1) is 11.0. The molecule has 0 saturated carbocycles. The number of nitrogens with zero attached hydrogens (tertiary/aromatic N) is 1. The maximum Gasteiger partial charge on any atom is 0.101 e. The summed E-state index contributed by atoms with van der Waals surface area (Å²) >= 11 is 7.47. The monoisotopic (exact) mass is 257 g/mol. The molecule has 88 valence electrons. The van der Waals surface area contributed by atoms with Gasteiger partial charge in [-0.3, -0.25) is 0 Å². The van der Waals surface area contributed by atoms with Gasteiger partial charge in [0.05, 0.1) is 4.34 Å². The SMILES string of the molecule is OC1(c2ccc(Cl)s2)CCN2CCCC2C1. The molecule has 4 heteroatoms. The van der Waals surface area contributed by atoms with Crippen LogP contribution < -0.4 is 0 Å². The highest BCUT2D eigenvalue weighted by molar-refractivity contribution is 7.16. The van der Waals surface area contributed by atoms with E-state index in [0.29, 0.717) is 6.04 Å². The lowest BCUT2D eigenvalue weighted by Gasteiger charge is -2.40. The predicted octanol–water partition coefficient (Wildman–Crippen LogP) is 2.85. The van der Waals surface area contributed by atoms with Gasteiger partial charge in [-0.1, -0.05) is 11.6 Å². The van der Waals surface area contributed by atoms with E-state index in [1.807, 2.05) is 12.1 Å². The number of rotatable bonds is 1. The van der Waals surface area contributed by atoms with E-state index in [2.05, 4.69) is 4.90 Å². The molecular formula is C12H16ClNOS. The van der Waals surface area contributed by atoms with Crippen molar-refractivity contribution in [3.8, 4) is 0 Å². The van der Waals surface area contributed by atoms with Crippen LogP contribution in [0, 0.1) is 0 Å². The quantitative estimate of drug-likeness (QED) is 0.836. The van der Waals surface area contributed by atoms with Crippen molar-refractivity contribution in [2.75, 3.05) is 13.1 Å². The van der Waals surface area contributed by atoms with E-state index in [1.165, 1.54) is 30.7 Å². The van der Waals surface area contributed by atoms with Gasteiger partial charge < -0.3 is 10.0 Å². The standard InChI is InChI=1S/C12H16ClNOS/c13-11-4-3-10(16-11)12(15)5-7-14-6-1-2-9(14)8-12/h3-4,9,15H,1-2,5-8H2. The van der Waals surface area contributed by atoms with Gasteiger partial charge in [-0.05, 0) is 44.4 Å². The van der Waals surface area contributed by atoms with Crippen LogP contribution in [-0.2, 0) is 5.60 Å². The summed E-state index contributed by atoms with van der Waals surface area (Å²) in [5, 5.41) is 10.7. The van der Waals surface area contributed by atoms with Crippen LogP contribution in [0.25, 0.3) is 0 Å². The number of aliphatic hydroxyl groups is 1. The third-order valence-corrected chi connectivity index (χ3v) is 5.34. The van der Waals surface area contributed by atoms with Gasteiger partial charge in [0, 0.05) is 17.5 Å². The van der Waals surface area contributed by atoms with Crippen molar-refractivity contribution >= 4 is 22.9 Å². The first-order chi connectivity index (χ1) is 7.67. The second kappa shape index (κ2) is 3.98. The molecule has 0 bridgehead atoms. The van der Waals surface area contributed by atoms with Crippen molar-refractivity contribution in [2.24, 2.45) is 0 Å². The Bertz CT molecular complexity index is 394. The summed E-state index contributed by atoms with van der Waals surface area (Å²) in [6.45, 7) is 2.24. The van der Waals surface area contributed by atoms with Crippen LogP contribution in [0.3, 0.4) is 0 Å². The number of piperidine rings is 1. The molecule has 2 nitrogen and oxygen atoms in total. The Balaban J connectivity index is 1.83. The fourth-order valence-corrected chi connectivity index (χ4v) is 4.20. The molecule has 2 fully saturated rings. The smallest absolute Gasteiger partial charge is 0.101 e. The third-order valence-electron chi connectivity index (χ3n) is 3.92. The molecule has 3 rings (SSSR count). The molecule has 2 saturated heterocycles. The maximum atomic E-state index is 10.7. The Kier molecular flexibility index (Phi) is 2.75. The van der Waals surface area contributed by atoms with E-state index in [9.17, 15) is 5.11 Å². The number of halogens is 1. The minimum atomic E-state index is -0.622. The van der Waals surface area contributed by atoms with Crippen molar-refractivity contribution in [1.82, 2.24) is 4.90 Å². The van der Waals surface area contributed by atoms with Gasteiger partial charge >= 0.3 is 0 Å². The van der Waals surface area contributed by atoms with Crippen LogP contribution in [0.5, 0.6) is 0 Å². The number of hydrogen-bond acceptors (Lipinski definition) is 3. The average molecular weight is 258 g/mol. The highest BCUT2D eigenvalue weighted by Gasteiger charge is 2.41. The Morgan fingerprint density at radius 3 is 3.06 bits per heavy atom. The van der Waals surface area contributed by atoms with Crippen molar-refractivity contribution in [2.45, 2.75) is 37.3 Å². The fraction of sp³-hybridized carbons (Fsp3) is 0.667. The van der Waals surface area contributed by atoms with Crippen molar-refractivity contribution in [1.29, 1.82) is 0 Å². The zero-order valence-electron chi connectivity index (χ0n) is 9.16. The van der Waals surface area contributed by atoms with E-state index >= 15 is 0 Å². The first-order valence-corrected chi connectivity index (χ1v) is 7.09. The second-order valence-electron chi connectivity index (χ2n) is 4.92. The van der Waals surface area contributed by atoms with Crippen LogP contribution in [0.2, 0.25) is 4.34 Å². The van der Waals surface area contributed by atoms with Crippen LogP contribution in [0.4, 0.5) is 0 Å². The zero-order chi connectivity index (χ0) is 11.2. The van der Waals surface area contributed by atoms with E-state index in [-0.39, 0.29) is 0 Å². The molecule has 0 radical (unpaired) electrons. The number of hydrogen-bond donors (Lipinski definition) is 1. The van der Waals surface area contributed by atoms with E-state index < -0.39 is 5.60 Å². The largest absolute Gasteiger partial charge is 0.384 e. The lowest BCUT2D eigenvalue weighted by Crippen LogP contribution is -2.45. The molecule has 0 aliphatic carbocycles. The molecule has 16 heavy (non-hydrogen) atoms. The summed E-state index contributed by atoms with van der Waals surface area (Å²) in [5.74, 6) is 0. The molecule has 2 atom stereocenters. The number of fused-ring (bicyclic) bond motifs is 1. The Hall–Kier alpha value is -0.0900. The molecule has 3 heterocycles. The minimum Gasteiger partial charge on any atom is -0.384 e. The average Bonchev–Trinajstić information content (AvgIpc) is 2.85. The fourth-order valence-electron chi connectivity index (χ4n) is 3.03. The van der Waals surface area contributed by atoms with Gasteiger partial charge in [0.1, 0.15) is 5.60 Å². The summed E-state index contributed by atoms with van der Waals surface area (Å²) in [7, 11) is 0. The molecule has 0 spiro atoms. The molecule has 2 unspecified atom stereocenters. The van der Waals surface area contributed by atoms with Gasteiger partial charge in [-0.25, -0.2) is 0 Å². The normalized spacial score (nSPS) is 35.2. The zero-order valence-corrected chi connectivity index (χ0v) is 10.7. The van der Waals surface area contributed by atoms with Crippen LogP contribution in [0.1, 0.15) is 30.6 Å². The van der Waals surface area contributed by atoms with Gasteiger partial charge in [0.25, 0.3) is 0 Å². The molecule has 1 aromatic heterocycles. The first-order valence-electron chi connectivity index (χ1n) is 5.90. The van der Waals surface area contributed by atoms with Crippen molar-refractivity contribution < 1.29 is 5.11 Å². The lowest BCUT2D eigenvalue weighted by atomic mass is 9.85. The number of thiophene rings is 1. The van der Waals surface area contributed by atoms with Crippen molar-refractivity contribution in [3.63, 3.8) is 0 Å². The molecule has 2 aliphatic heterocycles. The topological polar surface area (TPSA) is 23.5 Å².